The molecule has 4 heteroatoms. The second-order valence-corrected chi connectivity index (χ2v) is 7.43. The standard InChI is InChI=1S/C13H25NO2S/c1-13(2,3)17-12(15)16-11-8-4-6-10(14)7-5-9-11/h4,8,10-12,15H,5-7,9,14H2,1-3H3/b8-4+. The van der Waals surface area contributed by atoms with Crippen molar-refractivity contribution in [2.75, 3.05) is 0 Å². The first kappa shape index (κ1) is 15.0. The molecule has 0 heterocycles. The number of aliphatic hydroxyl groups is 1. The largest absolute Gasteiger partial charge is 0.360 e. The predicted molar refractivity (Wildman–Crippen MR) is 73.8 cm³/mol. The first-order chi connectivity index (χ1) is 7.87. The smallest absolute Gasteiger partial charge is 0.205 e. The van der Waals surface area contributed by atoms with E-state index in [-0.39, 0.29) is 16.9 Å². The van der Waals surface area contributed by atoms with Crippen molar-refractivity contribution in [2.45, 2.75) is 69.0 Å². The van der Waals surface area contributed by atoms with Gasteiger partial charge < -0.3 is 15.6 Å². The molecule has 1 aliphatic carbocycles. The Morgan fingerprint density at radius 2 is 2.12 bits per heavy atom. The summed E-state index contributed by atoms with van der Waals surface area (Å²) in [5.41, 5.74) is 5.14. The molecule has 3 atom stereocenters. The van der Waals surface area contributed by atoms with Gasteiger partial charge in [-0.2, -0.15) is 0 Å². The van der Waals surface area contributed by atoms with E-state index in [1.807, 2.05) is 6.08 Å². The van der Waals surface area contributed by atoms with Gasteiger partial charge in [0, 0.05) is 10.8 Å². The third kappa shape index (κ3) is 7.09. The number of thioether (sulfide) groups is 1. The Hall–Kier alpha value is -0.0300. The average molecular weight is 259 g/mol. The molecule has 1 aliphatic rings. The molecule has 0 saturated heterocycles. The Kier molecular flexibility index (Phi) is 6.00. The lowest BCUT2D eigenvalue weighted by atomic mass is 10.0. The van der Waals surface area contributed by atoms with E-state index >= 15 is 0 Å². The van der Waals surface area contributed by atoms with Crippen LogP contribution in [0.1, 0.15) is 46.5 Å². The lowest BCUT2D eigenvalue weighted by Gasteiger charge is -2.25. The molecular formula is C13H25NO2S. The molecule has 0 fully saturated rings. The van der Waals surface area contributed by atoms with Crippen LogP contribution in [0.3, 0.4) is 0 Å². The molecule has 0 aromatic carbocycles. The van der Waals surface area contributed by atoms with Crippen molar-refractivity contribution in [3.63, 3.8) is 0 Å². The Morgan fingerprint density at radius 3 is 2.76 bits per heavy atom. The van der Waals surface area contributed by atoms with Gasteiger partial charge in [-0.25, -0.2) is 0 Å². The molecule has 0 amide bonds. The van der Waals surface area contributed by atoms with Gasteiger partial charge in [-0.05, 0) is 25.7 Å². The fourth-order valence-corrected chi connectivity index (χ4v) is 2.60. The van der Waals surface area contributed by atoms with E-state index in [1.54, 1.807) is 0 Å². The highest BCUT2D eigenvalue weighted by Crippen LogP contribution is 2.29. The number of nitrogens with two attached hydrogens (primary N) is 1. The maximum absolute atomic E-state index is 9.83. The molecule has 0 bridgehead atoms. The maximum atomic E-state index is 9.83. The summed E-state index contributed by atoms with van der Waals surface area (Å²) in [6, 6.07) is 0.279. The average Bonchev–Trinajstić information content (AvgIpc) is 2.10. The zero-order valence-corrected chi connectivity index (χ0v) is 11.9. The zero-order chi connectivity index (χ0) is 12.9. The molecule has 17 heavy (non-hydrogen) atoms. The minimum Gasteiger partial charge on any atom is -0.360 e. The first-order valence-corrected chi connectivity index (χ1v) is 7.18. The third-order valence-corrected chi connectivity index (χ3v) is 3.62. The van der Waals surface area contributed by atoms with Gasteiger partial charge in [-0.3, -0.25) is 0 Å². The van der Waals surface area contributed by atoms with E-state index in [9.17, 15) is 5.11 Å². The summed E-state index contributed by atoms with van der Waals surface area (Å²) in [5.74, 6) is 0. The van der Waals surface area contributed by atoms with Crippen molar-refractivity contribution >= 4 is 11.8 Å². The van der Waals surface area contributed by atoms with Crippen molar-refractivity contribution in [1.29, 1.82) is 0 Å². The molecular weight excluding hydrogens is 234 g/mol. The van der Waals surface area contributed by atoms with Crippen LogP contribution in [0.4, 0.5) is 0 Å². The van der Waals surface area contributed by atoms with Crippen LogP contribution in [0, 0.1) is 0 Å². The van der Waals surface area contributed by atoms with Crippen molar-refractivity contribution in [1.82, 2.24) is 0 Å². The SMILES string of the molecule is CC(C)(C)SC(O)OC1/C=C/CC(N)CCC1. The van der Waals surface area contributed by atoms with Gasteiger partial charge in [0.15, 0.2) is 0 Å². The minimum atomic E-state index is -0.752. The van der Waals surface area contributed by atoms with Crippen molar-refractivity contribution < 1.29 is 9.84 Å². The molecule has 3 nitrogen and oxygen atoms in total. The monoisotopic (exact) mass is 259 g/mol. The highest BCUT2D eigenvalue weighted by atomic mass is 32.2. The number of hydrogen-bond donors (Lipinski definition) is 2. The van der Waals surface area contributed by atoms with Gasteiger partial charge >= 0.3 is 0 Å². The number of rotatable bonds is 3. The summed E-state index contributed by atoms with van der Waals surface area (Å²) in [6.07, 6.45) is 8.06. The minimum absolute atomic E-state index is 0.00705. The van der Waals surface area contributed by atoms with Crippen LogP contribution in [0.5, 0.6) is 0 Å². The van der Waals surface area contributed by atoms with E-state index in [0.29, 0.717) is 0 Å². The van der Waals surface area contributed by atoms with Crippen LogP contribution in [0.2, 0.25) is 0 Å². The Labute approximate surface area is 109 Å². The molecule has 0 aliphatic heterocycles. The molecule has 1 rings (SSSR count). The molecule has 0 aromatic heterocycles. The fourth-order valence-electron chi connectivity index (χ4n) is 1.79. The summed E-state index contributed by atoms with van der Waals surface area (Å²) >= 11 is 1.44. The van der Waals surface area contributed by atoms with Crippen LogP contribution in [0.25, 0.3) is 0 Å². The second kappa shape index (κ2) is 6.78. The normalized spacial score (nSPS) is 30.4. The Bertz CT molecular complexity index is 250. The summed E-state index contributed by atoms with van der Waals surface area (Å²) in [4.78, 5) is 0. The van der Waals surface area contributed by atoms with E-state index in [4.69, 9.17) is 10.5 Å². The quantitative estimate of drug-likeness (QED) is 0.604. The van der Waals surface area contributed by atoms with Crippen molar-refractivity contribution in [2.24, 2.45) is 5.73 Å². The van der Waals surface area contributed by atoms with Gasteiger partial charge in [0.1, 0.15) is 0 Å². The number of ether oxygens (including phenoxy) is 1. The second-order valence-electron chi connectivity index (χ2n) is 5.57. The molecule has 3 unspecified atom stereocenters. The summed E-state index contributed by atoms with van der Waals surface area (Å²) in [7, 11) is 0. The van der Waals surface area contributed by atoms with Crippen LogP contribution >= 0.6 is 11.8 Å². The fraction of sp³-hybridized carbons (Fsp3) is 0.846. The molecule has 0 aromatic rings. The lowest BCUT2D eigenvalue weighted by Crippen LogP contribution is -2.25. The van der Waals surface area contributed by atoms with E-state index < -0.39 is 5.62 Å². The van der Waals surface area contributed by atoms with Crippen molar-refractivity contribution in [3.8, 4) is 0 Å². The molecule has 100 valence electrons. The predicted octanol–water partition coefficient (Wildman–Crippen LogP) is 2.64. The zero-order valence-electron chi connectivity index (χ0n) is 11.1. The van der Waals surface area contributed by atoms with E-state index in [2.05, 4.69) is 26.8 Å². The third-order valence-electron chi connectivity index (χ3n) is 2.60. The van der Waals surface area contributed by atoms with Crippen LogP contribution in [-0.4, -0.2) is 27.6 Å². The van der Waals surface area contributed by atoms with E-state index in [0.717, 1.165) is 25.7 Å². The molecule has 3 N–H and O–H groups in total. The Balaban J connectivity index is 2.39. The Morgan fingerprint density at radius 1 is 1.41 bits per heavy atom. The topological polar surface area (TPSA) is 55.5 Å². The summed E-state index contributed by atoms with van der Waals surface area (Å²) in [5, 5.41) is 9.83. The van der Waals surface area contributed by atoms with E-state index in [1.165, 1.54) is 11.8 Å². The summed E-state index contributed by atoms with van der Waals surface area (Å²) in [6.45, 7) is 6.20. The van der Waals surface area contributed by atoms with Crippen LogP contribution in [0.15, 0.2) is 12.2 Å². The molecule has 0 radical (unpaired) electrons. The first-order valence-electron chi connectivity index (χ1n) is 6.30. The van der Waals surface area contributed by atoms with Crippen molar-refractivity contribution in [3.05, 3.63) is 12.2 Å². The maximum Gasteiger partial charge on any atom is 0.205 e. The van der Waals surface area contributed by atoms with Gasteiger partial charge in [-0.15, -0.1) is 0 Å². The van der Waals surface area contributed by atoms with Gasteiger partial charge in [0.2, 0.25) is 5.62 Å². The molecule has 0 spiro atoms. The lowest BCUT2D eigenvalue weighted by molar-refractivity contribution is -0.0634. The van der Waals surface area contributed by atoms with Gasteiger partial charge in [-0.1, -0.05) is 44.7 Å². The highest BCUT2D eigenvalue weighted by molar-refractivity contribution is 8.00. The number of hydrogen-bond acceptors (Lipinski definition) is 4. The highest BCUT2D eigenvalue weighted by Gasteiger charge is 2.20. The van der Waals surface area contributed by atoms with Crippen LogP contribution in [-0.2, 0) is 4.74 Å². The number of aliphatic hydroxyl groups excluding tert-OH is 1. The van der Waals surface area contributed by atoms with Gasteiger partial charge in [0.25, 0.3) is 0 Å². The van der Waals surface area contributed by atoms with Crippen LogP contribution < -0.4 is 5.73 Å². The summed E-state index contributed by atoms with van der Waals surface area (Å²) < 4.78 is 5.64. The molecule has 0 saturated carbocycles. The van der Waals surface area contributed by atoms with Gasteiger partial charge in [0.05, 0.1) is 6.10 Å².